The minimum Gasteiger partial charge on any atom is -0.355 e. The maximum Gasteiger partial charge on any atom is 0.225 e. The van der Waals surface area contributed by atoms with E-state index in [-0.39, 0.29) is 23.0 Å². The van der Waals surface area contributed by atoms with Crippen molar-refractivity contribution in [1.82, 2.24) is 5.32 Å². The van der Waals surface area contributed by atoms with Crippen molar-refractivity contribution < 1.29 is 9.59 Å². The largest absolute Gasteiger partial charge is 0.355 e. The molecule has 0 unspecified atom stereocenters. The number of rotatable bonds is 5. The second kappa shape index (κ2) is 6.53. The molecule has 0 bridgehead atoms. The van der Waals surface area contributed by atoms with E-state index in [2.05, 4.69) is 19.2 Å². The molecule has 19 heavy (non-hydrogen) atoms. The number of hydrogen-bond acceptors (Lipinski definition) is 2. The van der Waals surface area contributed by atoms with Crippen LogP contribution in [0.25, 0.3) is 0 Å². The van der Waals surface area contributed by atoms with Crippen LogP contribution in [0.15, 0.2) is 0 Å². The fourth-order valence-corrected chi connectivity index (χ4v) is 1.95. The minimum absolute atomic E-state index is 0.00275. The Hall–Kier alpha value is -0.860. The molecule has 0 radical (unpaired) electrons. The van der Waals surface area contributed by atoms with E-state index in [9.17, 15) is 9.59 Å². The summed E-state index contributed by atoms with van der Waals surface area (Å²) in [7, 11) is 0. The molecule has 0 saturated heterocycles. The van der Waals surface area contributed by atoms with E-state index in [0.717, 1.165) is 6.42 Å². The molecule has 3 heteroatoms. The van der Waals surface area contributed by atoms with Crippen LogP contribution >= 0.6 is 0 Å². The molecule has 0 fully saturated rings. The van der Waals surface area contributed by atoms with Gasteiger partial charge in [0.15, 0.2) is 0 Å². The molecule has 0 aromatic carbocycles. The van der Waals surface area contributed by atoms with Gasteiger partial charge in [-0.25, -0.2) is 0 Å². The summed E-state index contributed by atoms with van der Waals surface area (Å²) in [5.74, 6) is 0.590. The number of amides is 1. The lowest BCUT2D eigenvalue weighted by molar-refractivity contribution is -0.132. The highest BCUT2D eigenvalue weighted by Crippen LogP contribution is 2.24. The maximum absolute atomic E-state index is 12.4. The van der Waals surface area contributed by atoms with Crippen LogP contribution in [0.5, 0.6) is 0 Å². The Bertz CT molecular complexity index is 319. The van der Waals surface area contributed by atoms with E-state index >= 15 is 0 Å². The van der Waals surface area contributed by atoms with E-state index in [0.29, 0.717) is 12.5 Å². The van der Waals surface area contributed by atoms with Crippen LogP contribution < -0.4 is 5.32 Å². The molecule has 0 aromatic rings. The highest BCUT2D eigenvalue weighted by molar-refractivity contribution is 5.87. The van der Waals surface area contributed by atoms with Crippen molar-refractivity contribution in [2.75, 3.05) is 6.54 Å². The van der Waals surface area contributed by atoms with E-state index < -0.39 is 5.41 Å². The highest BCUT2D eigenvalue weighted by atomic mass is 16.2. The van der Waals surface area contributed by atoms with Gasteiger partial charge in [-0.05, 0) is 12.3 Å². The zero-order chi connectivity index (χ0) is 15.4. The van der Waals surface area contributed by atoms with Crippen LogP contribution in [0.4, 0.5) is 0 Å². The lowest BCUT2D eigenvalue weighted by atomic mass is 9.79. The van der Waals surface area contributed by atoms with Gasteiger partial charge in [-0.1, -0.05) is 55.4 Å². The third-order valence-corrected chi connectivity index (χ3v) is 3.06. The SMILES string of the molecule is CC(C)C[C@H](CNC(=O)C(C)(C)C)C(=O)C(C)(C)C. The second-order valence-corrected chi connectivity index (χ2v) is 7.90. The molecule has 0 aliphatic rings. The summed E-state index contributed by atoms with van der Waals surface area (Å²) in [5.41, 5.74) is -0.765. The number of ketones is 1. The third-order valence-electron chi connectivity index (χ3n) is 3.06. The van der Waals surface area contributed by atoms with Gasteiger partial charge in [-0.3, -0.25) is 9.59 Å². The molecule has 0 spiro atoms. The summed E-state index contributed by atoms with van der Waals surface area (Å²) in [6, 6.07) is 0. The summed E-state index contributed by atoms with van der Waals surface area (Å²) >= 11 is 0. The molecule has 1 amide bonds. The van der Waals surface area contributed by atoms with Crippen LogP contribution in [-0.4, -0.2) is 18.2 Å². The van der Waals surface area contributed by atoms with Crippen LogP contribution in [-0.2, 0) is 9.59 Å². The van der Waals surface area contributed by atoms with Gasteiger partial charge in [-0.2, -0.15) is 0 Å². The van der Waals surface area contributed by atoms with Gasteiger partial charge in [0.05, 0.1) is 0 Å². The molecule has 1 atom stereocenters. The van der Waals surface area contributed by atoms with E-state index in [1.807, 2.05) is 41.5 Å². The van der Waals surface area contributed by atoms with Crippen molar-refractivity contribution in [3.05, 3.63) is 0 Å². The lowest BCUT2D eigenvalue weighted by Crippen LogP contribution is -2.42. The zero-order valence-corrected chi connectivity index (χ0v) is 13.9. The van der Waals surface area contributed by atoms with E-state index in [1.165, 1.54) is 0 Å². The first-order valence-electron chi connectivity index (χ1n) is 7.18. The van der Waals surface area contributed by atoms with Gasteiger partial charge in [0, 0.05) is 23.3 Å². The quantitative estimate of drug-likeness (QED) is 0.831. The summed E-state index contributed by atoms with van der Waals surface area (Å²) < 4.78 is 0. The van der Waals surface area contributed by atoms with Crippen molar-refractivity contribution in [2.45, 2.75) is 61.8 Å². The normalized spacial score (nSPS) is 14.4. The monoisotopic (exact) mass is 269 g/mol. The Morgan fingerprint density at radius 3 is 1.74 bits per heavy atom. The molecular formula is C16H31NO2. The molecular weight excluding hydrogens is 238 g/mol. The lowest BCUT2D eigenvalue weighted by Gasteiger charge is -2.27. The number of carbonyl (C=O) groups excluding carboxylic acids is 2. The molecule has 112 valence electrons. The molecule has 3 nitrogen and oxygen atoms in total. The number of Topliss-reactive ketones (excluding diaryl/α,β-unsaturated/α-hetero) is 1. The summed E-state index contributed by atoms with van der Waals surface area (Å²) in [6.45, 7) is 16.1. The summed E-state index contributed by atoms with van der Waals surface area (Å²) in [5, 5.41) is 2.92. The van der Waals surface area contributed by atoms with Gasteiger partial charge < -0.3 is 5.32 Å². The maximum atomic E-state index is 12.4. The number of nitrogens with one attached hydrogen (secondary N) is 1. The topological polar surface area (TPSA) is 46.2 Å². The predicted molar refractivity (Wildman–Crippen MR) is 79.9 cm³/mol. The average molecular weight is 269 g/mol. The van der Waals surface area contributed by atoms with Gasteiger partial charge in [0.2, 0.25) is 5.91 Å². The first-order chi connectivity index (χ1) is 8.35. The van der Waals surface area contributed by atoms with Gasteiger partial charge in [0.25, 0.3) is 0 Å². The number of carbonyl (C=O) groups is 2. The molecule has 0 heterocycles. The van der Waals surface area contributed by atoms with Crippen molar-refractivity contribution in [1.29, 1.82) is 0 Å². The summed E-state index contributed by atoms with van der Waals surface area (Å²) in [6.07, 6.45) is 0.820. The zero-order valence-electron chi connectivity index (χ0n) is 13.9. The molecule has 0 aromatic heterocycles. The second-order valence-electron chi connectivity index (χ2n) is 7.90. The Labute approximate surface area is 118 Å². The fourth-order valence-electron chi connectivity index (χ4n) is 1.95. The third kappa shape index (κ3) is 6.74. The Morgan fingerprint density at radius 2 is 1.42 bits per heavy atom. The molecule has 0 aliphatic heterocycles. The van der Waals surface area contributed by atoms with Crippen LogP contribution in [0.3, 0.4) is 0 Å². The van der Waals surface area contributed by atoms with Crippen LogP contribution in [0.1, 0.15) is 61.8 Å². The van der Waals surface area contributed by atoms with E-state index in [4.69, 9.17) is 0 Å². The molecule has 0 saturated carbocycles. The van der Waals surface area contributed by atoms with Crippen LogP contribution in [0, 0.1) is 22.7 Å². The van der Waals surface area contributed by atoms with Gasteiger partial charge in [-0.15, -0.1) is 0 Å². The Kier molecular flexibility index (Phi) is 6.24. The smallest absolute Gasteiger partial charge is 0.225 e. The minimum atomic E-state index is -0.410. The Morgan fingerprint density at radius 1 is 0.947 bits per heavy atom. The highest BCUT2D eigenvalue weighted by Gasteiger charge is 2.31. The van der Waals surface area contributed by atoms with Crippen molar-refractivity contribution in [3.63, 3.8) is 0 Å². The van der Waals surface area contributed by atoms with Crippen molar-refractivity contribution >= 4 is 11.7 Å². The fraction of sp³-hybridized carbons (Fsp3) is 0.875. The van der Waals surface area contributed by atoms with E-state index in [1.54, 1.807) is 0 Å². The summed E-state index contributed by atoms with van der Waals surface area (Å²) in [4.78, 5) is 24.3. The first kappa shape index (κ1) is 18.1. The van der Waals surface area contributed by atoms with Gasteiger partial charge in [0.1, 0.15) is 5.78 Å². The van der Waals surface area contributed by atoms with Crippen LogP contribution in [0.2, 0.25) is 0 Å². The Balaban J connectivity index is 4.72. The first-order valence-corrected chi connectivity index (χ1v) is 7.18. The molecule has 1 N–H and O–H groups in total. The van der Waals surface area contributed by atoms with Crippen molar-refractivity contribution in [2.24, 2.45) is 22.7 Å². The molecule has 0 aliphatic carbocycles. The van der Waals surface area contributed by atoms with Crippen molar-refractivity contribution in [3.8, 4) is 0 Å². The predicted octanol–water partition coefficient (Wildman–Crippen LogP) is 3.43. The standard InChI is InChI=1S/C16H31NO2/c1-11(2)9-12(13(18)15(3,4)5)10-17-14(19)16(6,7)8/h11-12H,9-10H2,1-8H3,(H,17,19)/t12-/m1/s1. The number of hydrogen-bond donors (Lipinski definition) is 1. The molecule has 0 rings (SSSR count). The van der Waals surface area contributed by atoms with Gasteiger partial charge >= 0.3 is 0 Å². The average Bonchev–Trinajstić information content (AvgIpc) is 2.19.